The fourth-order valence-electron chi connectivity index (χ4n) is 2.11. The standard InChI is InChI=1S/C10H12BrCl3N2O3S.ClH/c1-15-9(2-11)3-16-6(17)5(7(16)20-9)8(18)19-4-10(12,13)14;/h5,7,15H,2-4H2,1H3;1H/t5?,7-,9?;/m1./s1. The van der Waals surface area contributed by atoms with Gasteiger partial charge >= 0.3 is 5.97 Å². The second kappa shape index (κ2) is 7.20. The van der Waals surface area contributed by atoms with E-state index in [-0.39, 0.29) is 35.2 Å². The second-order valence-corrected chi connectivity index (χ2v) is 9.13. The van der Waals surface area contributed by atoms with Gasteiger partial charge in [-0.15, -0.1) is 24.2 Å². The van der Waals surface area contributed by atoms with Crippen LogP contribution in [0.1, 0.15) is 0 Å². The van der Waals surface area contributed by atoms with Gasteiger partial charge in [-0.1, -0.05) is 50.7 Å². The lowest BCUT2D eigenvalue weighted by molar-refractivity contribution is -0.167. The molecule has 0 radical (unpaired) electrons. The minimum Gasteiger partial charge on any atom is -0.460 e. The molecule has 0 aliphatic carbocycles. The van der Waals surface area contributed by atoms with Crippen LogP contribution in [-0.4, -0.2) is 56.3 Å². The zero-order chi connectivity index (χ0) is 15.1. The Labute approximate surface area is 156 Å². The highest BCUT2D eigenvalue weighted by atomic mass is 79.9. The number of alkyl halides is 4. The van der Waals surface area contributed by atoms with Crippen LogP contribution in [0.2, 0.25) is 0 Å². The van der Waals surface area contributed by atoms with Crippen LogP contribution in [0.15, 0.2) is 0 Å². The minimum atomic E-state index is -1.67. The molecule has 5 nitrogen and oxygen atoms in total. The molecule has 0 saturated carbocycles. The molecule has 1 N–H and O–H groups in total. The van der Waals surface area contributed by atoms with Gasteiger partial charge in [-0.2, -0.15) is 0 Å². The van der Waals surface area contributed by atoms with E-state index in [9.17, 15) is 9.59 Å². The van der Waals surface area contributed by atoms with Crippen molar-refractivity contribution < 1.29 is 14.3 Å². The van der Waals surface area contributed by atoms with E-state index >= 15 is 0 Å². The number of likely N-dealkylation sites (N-methyl/N-ethyl adjacent to an activating group) is 1. The monoisotopic (exact) mass is 460 g/mol. The predicted octanol–water partition coefficient (Wildman–Crippen LogP) is 2.16. The number of carbonyl (C=O) groups is 2. The summed E-state index contributed by atoms with van der Waals surface area (Å²) in [6.07, 6.45) is 0. The van der Waals surface area contributed by atoms with E-state index in [1.54, 1.807) is 4.90 Å². The lowest BCUT2D eigenvalue weighted by atomic mass is 9.98. The van der Waals surface area contributed by atoms with Gasteiger partial charge in [-0.25, -0.2) is 0 Å². The van der Waals surface area contributed by atoms with Crippen LogP contribution in [-0.2, 0) is 14.3 Å². The van der Waals surface area contributed by atoms with Gasteiger partial charge in [0.25, 0.3) is 0 Å². The number of carbonyl (C=O) groups excluding carboxylic acids is 2. The second-order valence-electron chi connectivity index (χ2n) is 4.55. The highest BCUT2D eigenvalue weighted by molar-refractivity contribution is 9.09. The Bertz CT molecular complexity index is 433. The Morgan fingerprint density at radius 1 is 1.62 bits per heavy atom. The van der Waals surface area contributed by atoms with Crippen molar-refractivity contribution in [3.05, 3.63) is 0 Å². The van der Waals surface area contributed by atoms with Gasteiger partial charge < -0.3 is 15.0 Å². The van der Waals surface area contributed by atoms with Gasteiger partial charge in [0.2, 0.25) is 9.70 Å². The summed E-state index contributed by atoms with van der Waals surface area (Å²) >= 11 is 21.5. The predicted molar refractivity (Wildman–Crippen MR) is 90.7 cm³/mol. The molecule has 0 aromatic heterocycles. The quantitative estimate of drug-likeness (QED) is 0.300. The molecule has 1 amide bonds. The Hall–Kier alpha value is 0.890. The number of rotatable bonds is 4. The average Bonchev–Trinajstić information content (AvgIpc) is 2.72. The Morgan fingerprint density at radius 3 is 2.71 bits per heavy atom. The van der Waals surface area contributed by atoms with Gasteiger partial charge in [-0.05, 0) is 7.05 Å². The largest absolute Gasteiger partial charge is 0.460 e. The van der Waals surface area contributed by atoms with Crippen LogP contribution in [0, 0.1) is 5.92 Å². The fraction of sp³-hybridized carbons (Fsp3) is 0.800. The molecular formula is C10H13BrCl4N2O3S. The molecule has 2 aliphatic heterocycles. The summed E-state index contributed by atoms with van der Waals surface area (Å²) in [4.78, 5) is 25.3. The molecule has 2 saturated heterocycles. The van der Waals surface area contributed by atoms with Gasteiger partial charge in [0, 0.05) is 5.33 Å². The van der Waals surface area contributed by atoms with Crippen LogP contribution >= 0.6 is 74.9 Å². The third-order valence-corrected chi connectivity index (χ3v) is 6.57. The number of amides is 1. The van der Waals surface area contributed by atoms with E-state index in [1.807, 2.05) is 7.05 Å². The van der Waals surface area contributed by atoms with Gasteiger partial charge in [0.05, 0.1) is 11.4 Å². The van der Waals surface area contributed by atoms with Crippen molar-refractivity contribution >= 4 is 86.8 Å². The zero-order valence-electron chi connectivity index (χ0n) is 10.8. The third kappa shape index (κ3) is 4.05. The van der Waals surface area contributed by atoms with Crippen LogP contribution in [0.4, 0.5) is 0 Å². The highest BCUT2D eigenvalue weighted by Crippen LogP contribution is 2.49. The van der Waals surface area contributed by atoms with Crippen molar-refractivity contribution in [2.24, 2.45) is 5.92 Å². The molecule has 21 heavy (non-hydrogen) atoms. The van der Waals surface area contributed by atoms with E-state index in [2.05, 4.69) is 21.2 Å². The molecule has 0 aromatic rings. The minimum absolute atomic E-state index is 0. The van der Waals surface area contributed by atoms with Crippen LogP contribution in [0.25, 0.3) is 0 Å². The van der Waals surface area contributed by atoms with E-state index in [4.69, 9.17) is 39.5 Å². The molecule has 2 aliphatic rings. The first kappa shape index (κ1) is 19.9. The summed E-state index contributed by atoms with van der Waals surface area (Å²) in [5, 5.41) is 3.61. The van der Waals surface area contributed by atoms with E-state index in [0.29, 0.717) is 11.9 Å². The number of fused-ring (bicyclic) bond motifs is 1. The molecule has 0 aromatic carbocycles. The van der Waals surface area contributed by atoms with Crippen molar-refractivity contribution in [2.45, 2.75) is 14.0 Å². The van der Waals surface area contributed by atoms with Gasteiger partial charge in [0.15, 0.2) is 5.92 Å². The maximum absolute atomic E-state index is 12.0. The fourth-order valence-corrected chi connectivity index (χ4v) is 4.65. The number of nitrogens with one attached hydrogen (secondary N) is 1. The van der Waals surface area contributed by atoms with E-state index < -0.39 is 15.7 Å². The highest BCUT2D eigenvalue weighted by Gasteiger charge is 2.61. The summed E-state index contributed by atoms with van der Waals surface area (Å²) in [5.41, 5.74) is 0. The number of esters is 1. The molecule has 2 heterocycles. The summed E-state index contributed by atoms with van der Waals surface area (Å²) < 4.78 is 3.23. The van der Waals surface area contributed by atoms with E-state index in [1.165, 1.54) is 11.8 Å². The zero-order valence-corrected chi connectivity index (χ0v) is 16.3. The van der Waals surface area contributed by atoms with Crippen LogP contribution < -0.4 is 5.32 Å². The molecule has 2 fully saturated rings. The molecule has 0 spiro atoms. The molecule has 3 atom stereocenters. The number of hydrogen-bond acceptors (Lipinski definition) is 5. The van der Waals surface area contributed by atoms with Gasteiger partial charge in [0.1, 0.15) is 12.0 Å². The van der Waals surface area contributed by atoms with Crippen LogP contribution in [0.3, 0.4) is 0 Å². The third-order valence-electron chi connectivity index (χ3n) is 3.22. The number of thioether (sulfide) groups is 1. The van der Waals surface area contributed by atoms with Crippen molar-refractivity contribution in [3.8, 4) is 0 Å². The average molecular weight is 463 g/mol. The maximum atomic E-state index is 12.0. The van der Waals surface area contributed by atoms with E-state index in [0.717, 1.165) is 0 Å². The molecular weight excluding hydrogens is 450 g/mol. The smallest absolute Gasteiger partial charge is 0.321 e. The first-order valence-electron chi connectivity index (χ1n) is 5.69. The normalized spacial score (nSPS) is 31.3. The number of β-lactam (4-membered cyclic amide) rings is 1. The molecule has 0 bridgehead atoms. The summed E-state index contributed by atoms with van der Waals surface area (Å²) in [6.45, 7) is 0.171. The number of nitrogens with zero attached hydrogens (tertiary/aromatic N) is 1. The van der Waals surface area contributed by atoms with Crippen LogP contribution in [0.5, 0.6) is 0 Å². The Kier molecular flexibility index (Phi) is 6.83. The van der Waals surface area contributed by atoms with Crippen molar-refractivity contribution in [3.63, 3.8) is 0 Å². The van der Waals surface area contributed by atoms with Crippen molar-refractivity contribution in [1.82, 2.24) is 10.2 Å². The molecule has 11 heteroatoms. The Balaban J connectivity index is 0.00000220. The van der Waals surface area contributed by atoms with Crippen molar-refractivity contribution in [2.75, 3.05) is 25.5 Å². The summed E-state index contributed by atoms with van der Waals surface area (Å²) in [6, 6.07) is 0. The molecule has 2 rings (SSSR count). The van der Waals surface area contributed by atoms with Gasteiger partial charge in [-0.3, -0.25) is 9.59 Å². The molecule has 2 unspecified atom stereocenters. The lowest BCUT2D eigenvalue weighted by Gasteiger charge is -2.39. The maximum Gasteiger partial charge on any atom is 0.321 e. The first-order valence-corrected chi connectivity index (χ1v) is 8.83. The topological polar surface area (TPSA) is 58.6 Å². The first-order chi connectivity index (χ1) is 9.23. The SMILES string of the molecule is CNC1(CBr)CN2C(=O)C(C(=O)OCC(Cl)(Cl)Cl)[C@H]2S1.Cl. The summed E-state index contributed by atoms with van der Waals surface area (Å²) in [5.74, 6) is -1.70. The summed E-state index contributed by atoms with van der Waals surface area (Å²) in [7, 11) is 1.82. The number of hydrogen-bond donors (Lipinski definition) is 1. The molecule has 122 valence electrons. The number of halogens is 5. The lowest BCUT2D eigenvalue weighted by Crippen LogP contribution is -2.60. The Morgan fingerprint density at radius 2 is 2.24 bits per heavy atom. The number of ether oxygens (including phenoxy) is 1. The van der Waals surface area contributed by atoms with Crippen molar-refractivity contribution in [1.29, 1.82) is 0 Å².